The van der Waals surface area contributed by atoms with Crippen molar-refractivity contribution in [2.45, 2.75) is 0 Å². The first-order chi connectivity index (χ1) is 16.8. The van der Waals surface area contributed by atoms with Crippen molar-refractivity contribution in [3.63, 3.8) is 0 Å². The molecule has 0 spiro atoms. The van der Waals surface area contributed by atoms with E-state index in [1.807, 2.05) is 0 Å². The molecule has 0 fully saturated rings. The first kappa shape index (κ1) is 19.0. The van der Waals surface area contributed by atoms with Crippen LogP contribution in [-0.4, -0.2) is 8.97 Å². The van der Waals surface area contributed by atoms with Crippen LogP contribution >= 0.6 is 0 Å². The van der Waals surface area contributed by atoms with Crippen molar-refractivity contribution in [1.82, 2.24) is 8.97 Å². The van der Waals surface area contributed by atoms with Crippen molar-refractivity contribution in [2.24, 2.45) is 0 Å². The number of hydrogen-bond acceptors (Lipinski definition) is 0. The third kappa shape index (κ3) is 2.96. The van der Waals surface area contributed by atoms with E-state index in [1.54, 1.807) is 0 Å². The lowest BCUT2D eigenvalue weighted by Crippen LogP contribution is -1.93. The molecule has 0 radical (unpaired) electrons. The number of para-hydroxylation sites is 2. The average Bonchev–Trinajstić information content (AvgIpc) is 3.49. The van der Waals surface area contributed by atoms with Gasteiger partial charge in [-0.15, -0.1) is 0 Å². The summed E-state index contributed by atoms with van der Waals surface area (Å²) in [6.45, 7) is 0. The van der Waals surface area contributed by atoms with Gasteiger partial charge in [-0.05, 0) is 59.2 Å². The molecule has 4 aromatic carbocycles. The van der Waals surface area contributed by atoms with E-state index in [2.05, 4.69) is 143 Å². The van der Waals surface area contributed by atoms with E-state index in [0.29, 0.717) is 0 Å². The minimum absolute atomic E-state index is 1.18. The van der Waals surface area contributed by atoms with Crippen molar-refractivity contribution in [3.05, 3.63) is 134 Å². The topological polar surface area (TPSA) is 9.34 Å². The highest BCUT2D eigenvalue weighted by molar-refractivity contribution is 6.09. The van der Waals surface area contributed by atoms with Crippen LogP contribution in [0, 0.1) is 0 Å². The van der Waals surface area contributed by atoms with Crippen LogP contribution < -0.4 is 0 Å². The molecule has 0 unspecified atom stereocenters. The molecule has 0 N–H and O–H groups in total. The monoisotopic (exact) mass is 434 g/mol. The minimum Gasteiger partial charge on any atom is -0.323 e. The van der Waals surface area contributed by atoms with Crippen molar-refractivity contribution in [1.29, 1.82) is 0 Å². The van der Waals surface area contributed by atoms with Crippen LogP contribution in [0.3, 0.4) is 0 Å². The molecule has 7 rings (SSSR count). The Morgan fingerprint density at radius 3 is 1.59 bits per heavy atom. The summed E-state index contributed by atoms with van der Waals surface area (Å²) in [6, 6.07) is 43.5. The highest BCUT2D eigenvalue weighted by Gasteiger charge is 2.11. The second-order valence-corrected chi connectivity index (χ2v) is 8.76. The predicted octanol–water partition coefficient (Wildman–Crippen LogP) is 8.37. The molecule has 34 heavy (non-hydrogen) atoms. The Bertz CT molecular complexity index is 1700. The van der Waals surface area contributed by atoms with E-state index < -0.39 is 0 Å². The molecule has 2 heteroatoms. The molecular weight excluding hydrogens is 412 g/mol. The summed E-state index contributed by atoms with van der Waals surface area (Å²) in [5.74, 6) is 0. The van der Waals surface area contributed by atoms with Crippen molar-refractivity contribution >= 4 is 27.3 Å². The summed E-state index contributed by atoms with van der Waals surface area (Å²) in [5.41, 5.74) is 9.77. The molecule has 0 amide bonds. The highest BCUT2D eigenvalue weighted by Crippen LogP contribution is 2.33. The number of rotatable bonds is 3. The molecule has 3 aromatic heterocycles. The van der Waals surface area contributed by atoms with Crippen LogP contribution in [0.1, 0.15) is 0 Å². The van der Waals surface area contributed by atoms with Gasteiger partial charge in [0, 0.05) is 39.9 Å². The first-order valence-electron chi connectivity index (χ1n) is 11.6. The van der Waals surface area contributed by atoms with Gasteiger partial charge < -0.3 is 8.97 Å². The van der Waals surface area contributed by atoms with Gasteiger partial charge in [-0.1, -0.05) is 78.9 Å². The Hall–Kier alpha value is -4.56. The Labute approximate surface area is 198 Å². The van der Waals surface area contributed by atoms with Crippen molar-refractivity contribution < 1.29 is 0 Å². The maximum absolute atomic E-state index is 2.36. The summed E-state index contributed by atoms with van der Waals surface area (Å²) in [7, 11) is 0. The van der Waals surface area contributed by atoms with Crippen LogP contribution in [0.5, 0.6) is 0 Å². The third-order valence-electron chi connectivity index (χ3n) is 6.76. The summed E-state index contributed by atoms with van der Waals surface area (Å²) >= 11 is 0. The van der Waals surface area contributed by atoms with E-state index >= 15 is 0 Å². The van der Waals surface area contributed by atoms with Gasteiger partial charge in [-0.25, -0.2) is 0 Å². The van der Waals surface area contributed by atoms with E-state index in [-0.39, 0.29) is 0 Å². The fourth-order valence-corrected chi connectivity index (χ4v) is 5.07. The molecule has 3 heterocycles. The zero-order valence-electron chi connectivity index (χ0n) is 18.6. The Kier molecular flexibility index (Phi) is 4.18. The van der Waals surface area contributed by atoms with Gasteiger partial charge in [0.05, 0.1) is 11.0 Å². The lowest BCUT2D eigenvalue weighted by molar-refractivity contribution is 1.18. The molecular formula is C32H22N2. The van der Waals surface area contributed by atoms with Gasteiger partial charge >= 0.3 is 0 Å². The number of hydrogen-bond donors (Lipinski definition) is 0. The number of nitrogens with zero attached hydrogens (tertiary/aromatic N) is 2. The zero-order valence-corrected chi connectivity index (χ0v) is 18.6. The van der Waals surface area contributed by atoms with E-state index in [1.165, 1.54) is 55.3 Å². The summed E-state index contributed by atoms with van der Waals surface area (Å²) in [5, 5.41) is 2.58. The fourth-order valence-electron chi connectivity index (χ4n) is 5.07. The zero-order chi connectivity index (χ0) is 22.5. The molecule has 0 aliphatic carbocycles. The lowest BCUT2D eigenvalue weighted by atomic mass is 10.0. The van der Waals surface area contributed by atoms with Gasteiger partial charge in [0.2, 0.25) is 0 Å². The molecule has 0 saturated heterocycles. The second-order valence-electron chi connectivity index (χ2n) is 8.76. The van der Waals surface area contributed by atoms with E-state index in [9.17, 15) is 0 Å². The molecule has 160 valence electrons. The fraction of sp³-hybridized carbons (Fsp3) is 0. The largest absolute Gasteiger partial charge is 0.323 e. The average molecular weight is 435 g/mol. The van der Waals surface area contributed by atoms with Crippen molar-refractivity contribution in [2.75, 3.05) is 0 Å². The molecule has 0 bridgehead atoms. The van der Waals surface area contributed by atoms with Gasteiger partial charge in [0.25, 0.3) is 0 Å². The van der Waals surface area contributed by atoms with Crippen LogP contribution in [0.15, 0.2) is 134 Å². The van der Waals surface area contributed by atoms with E-state index in [0.717, 1.165) is 0 Å². The molecule has 7 aromatic rings. The summed E-state index contributed by atoms with van der Waals surface area (Å²) in [6.07, 6.45) is 4.27. The first-order valence-corrected chi connectivity index (χ1v) is 11.6. The standard InChI is InChI=1S/C32H22N2/c1-3-10-31-29(8-1)30-9-2-4-11-32(30)34(31)27-18-16-24(17-19-27)23-12-14-25(15-13-23)26-21-28-7-5-6-20-33(28)22-26/h1-22H. The van der Waals surface area contributed by atoms with Gasteiger partial charge in [0.1, 0.15) is 0 Å². The maximum atomic E-state index is 2.36. The van der Waals surface area contributed by atoms with Crippen LogP contribution in [0.4, 0.5) is 0 Å². The molecule has 0 atom stereocenters. The normalized spacial score (nSPS) is 11.5. The highest BCUT2D eigenvalue weighted by atomic mass is 15.0. The molecule has 2 nitrogen and oxygen atoms in total. The smallest absolute Gasteiger partial charge is 0.0541 e. The number of aromatic nitrogens is 2. The van der Waals surface area contributed by atoms with Crippen LogP contribution in [0.2, 0.25) is 0 Å². The quantitative estimate of drug-likeness (QED) is 0.264. The van der Waals surface area contributed by atoms with Gasteiger partial charge in [0.15, 0.2) is 0 Å². The Balaban J connectivity index is 1.25. The number of fused-ring (bicyclic) bond motifs is 4. The lowest BCUT2D eigenvalue weighted by Gasteiger charge is -2.09. The SMILES string of the molecule is c1ccc2c(c1)c1ccccc1n2-c1ccc(-c2ccc(-c3cc4ccccn4c3)cc2)cc1. The van der Waals surface area contributed by atoms with Gasteiger partial charge in [-0.3, -0.25) is 0 Å². The second kappa shape index (κ2) is 7.50. The number of pyridine rings is 1. The van der Waals surface area contributed by atoms with Gasteiger partial charge in [-0.2, -0.15) is 0 Å². The third-order valence-corrected chi connectivity index (χ3v) is 6.76. The molecule has 0 aliphatic rings. The Morgan fingerprint density at radius 2 is 0.971 bits per heavy atom. The van der Waals surface area contributed by atoms with Crippen LogP contribution in [0.25, 0.3) is 55.3 Å². The molecule has 0 saturated carbocycles. The summed E-state index contributed by atoms with van der Waals surface area (Å²) in [4.78, 5) is 0. The molecule has 0 aliphatic heterocycles. The van der Waals surface area contributed by atoms with Crippen LogP contribution in [-0.2, 0) is 0 Å². The number of benzene rings is 4. The maximum Gasteiger partial charge on any atom is 0.0541 e. The Morgan fingerprint density at radius 1 is 0.441 bits per heavy atom. The minimum atomic E-state index is 1.18. The predicted molar refractivity (Wildman–Crippen MR) is 143 cm³/mol. The van der Waals surface area contributed by atoms with Crippen molar-refractivity contribution in [3.8, 4) is 27.9 Å². The van der Waals surface area contributed by atoms with E-state index in [4.69, 9.17) is 0 Å². The summed E-state index contributed by atoms with van der Waals surface area (Å²) < 4.78 is 4.52.